The normalized spacial score (nSPS) is 16.0. The largest absolute Gasteiger partial charge is 0.493 e. The zero-order valence-corrected chi connectivity index (χ0v) is 16.9. The molecule has 0 bridgehead atoms. The Kier molecular flexibility index (Phi) is 5.27. The first-order chi connectivity index (χ1) is 13.3. The number of carbonyl (C=O) groups is 2. The number of rotatable bonds is 6. The molecular formula is C23H25NO4. The second-order valence-electron chi connectivity index (χ2n) is 7.41. The Hall–Kier alpha value is -3.08. The number of carbonyl (C=O) groups excluding carboxylic acids is 2. The summed E-state index contributed by atoms with van der Waals surface area (Å²) in [6, 6.07) is 13.1. The minimum absolute atomic E-state index is 0.0586. The molecule has 0 N–H and O–H groups in total. The quantitative estimate of drug-likeness (QED) is 0.557. The van der Waals surface area contributed by atoms with Crippen LogP contribution in [0.3, 0.4) is 0 Å². The van der Waals surface area contributed by atoms with Crippen LogP contribution in [0, 0.1) is 0 Å². The average Bonchev–Trinajstić information content (AvgIpc) is 2.87. The Morgan fingerprint density at radius 2 is 1.82 bits per heavy atom. The van der Waals surface area contributed by atoms with E-state index in [0.29, 0.717) is 17.1 Å². The van der Waals surface area contributed by atoms with Crippen LogP contribution in [0.1, 0.15) is 36.7 Å². The van der Waals surface area contributed by atoms with Crippen molar-refractivity contribution in [3.05, 3.63) is 65.4 Å². The zero-order chi connectivity index (χ0) is 20.5. The number of anilines is 1. The van der Waals surface area contributed by atoms with Gasteiger partial charge in [0.25, 0.3) is 0 Å². The number of nitrogens with zero attached hydrogens (tertiary/aromatic N) is 1. The topological polar surface area (TPSA) is 55.8 Å². The Bertz CT molecular complexity index is 959. The van der Waals surface area contributed by atoms with E-state index in [1.807, 2.05) is 19.2 Å². The maximum Gasteiger partial charge on any atom is 0.194 e. The summed E-state index contributed by atoms with van der Waals surface area (Å²) in [6.07, 6.45) is 1.65. The molecule has 2 aromatic rings. The van der Waals surface area contributed by atoms with Crippen LogP contribution in [0.2, 0.25) is 0 Å². The number of fused-ring (bicyclic) bond motifs is 1. The van der Waals surface area contributed by atoms with Gasteiger partial charge in [0.15, 0.2) is 29.7 Å². The molecule has 146 valence electrons. The molecule has 3 rings (SSSR count). The van der Waals surface area contributed by atoms with Crippen molar-refractivity contribution in [2.75, 3.05) is 25.7 Å². The fourth-order valence-corrected chi connectivity index (χ4v) is 3.61. The van der Waals surface area contributed by atoms with Crippen molar-refractivity contribution in [3.63, 3.8) is 0 Å². The molecule has 0 spiro atoms. The van der Waals surface area contributed by atoms with E-state index in [1.165, 1.54) is 19.6 Å². The third-order valence-corrected chi connectivity index (χ3v) is 5.18. The molecule has 0 saturated carbocycles. The summed E-state index contributed by atoms with van der Waals surface area (Å²) >= 11 is 0. The standard InChI is InChI=1S/C23H25NO4/c1-15(25)16-10-11-20(21(12-16)27-5)28-14-17(26)13-22-23(2,3)18-8-6-7-9-19(18)24(22)4/h6-13H,14H2,1-5H3/b22-13+. The van der Waals surface area contributed by atoms with Crippen molar-refractivity contribution >= 4 is 17.3 Å². The van der Waals surface area contributed by atoms with Crippen molar-refractivity contribution in [1.82, 2.24) is 0 Å². The highest BCUT2D eigenvalue weighted by Gasteiger charge is 2.38. The lowest BCUT2D eigenvalue weighted by Gasteiger charge is -2.24. The number of hydrogen-bond acceptors (Lipinski definition) is 5. The lowest BCUT2D eigenvalue weighted by Crippen LogP contribution is -2.25. The van der Waals surface area contributed by atoms with Crippen LogP contribution in [0.5, 0.6) is 11.5 Å². The van der Waals surface area contributed by atoms with E-state index >= 15 is 0 Å². The summed E-state index contributed by atoms with van der Waals surface area (Å²) in [4.78, 5) is 26.2. The van der Waals surface area contributed by atoms with Gasteiger partial charge in [-0.25, -0.2) is 0 Å². The van der Waals surface area contributed by atoms with Crippen LogP contribution in [-0.2, 0) is 10.2 Å². The van der Waals surface area contributed by atoms with E-state index < -0.39 is 0 Å². The number of methoxy groups -OCH3 is 1. The maximum atomic E-state index is 12.6. The highest BCUT2D eigenvalue weighted by atomic mass is 16.5. The number of allylic oxidation sites excluding steroid dienone is 1. The third kappa shape index (κ3) is 3.52. The van der Waals surface area contributed by atoms with E-state index in [9.17, 15) is 9.59 Å². The van der Waals surface area contributed by atoms with Crippen LogP contribution in [0.25, 0.3) is 0 Å². The summed E-state index contributed by atoms with van der Waals surface area (Å²) in [5.74, 6) is 0.664. The molecule has 2 aromatic carbocycles. The van der Waals surface area contributed by atoms with Gasteiger partial charge in [-0.15, -0.1) is 0 Å². The van der Waals surface area contributed by atoms with Crippen LogP contribution in [-0.4, -0.2) is 32.3 Å². The first kappa shape index (κ1) is 19.7. The van der Waals surface area contributed by atoms with Crippen LogP contribution >= 0.6 is 0 Å². The molecule has 0 fully saturated rings. The fourth-order valence-electron chi connectivity index (χ4n) is 3.61. The molecule has 1 aliphatic rings. The van der Waals surface area contributed by atoms with Gasteiger partial charge in [0.05, 0.1) is 7.11 Å². The molecule has 1 aliphatic heterocycles. The maximum absolute atomic E-state index is 12.6. The van der Waals surface area contributed by atoms with Crippen molar-refractivity contribution in [2.24, 2.45) is 0 Å². The van der Waals surface area contributed by atoms with E-state index in [-0.39, 0.29) is 23.6 Å². The molecule has 5 nitrogen and oxygen atoms in total. The summed E-state index contributed by atoms with van der Waals surface area (Å²) in [5, 5.41) is 0. The second kappa shape index (κ2) is 7.50. The smallest absolute Gasteiger partial charge is 0.194 e. The van der Waals surface area contributed by atoms with Gasteiger partial charge in [0, 0.05) is 35.5 Å². The van der Waals surface area contributed by atoms with E-state index in [0.717, 1.165) is 11.4 Å². The first-order valence-electron chi connectivity index (χ1n) is 9.15. The number of ether oxygens (including phenoxy) is 2. The Labute approximate surface area is 165 Å². The van der Waals surface area contributed by atoms with Gasteiger partial charge in [-0.3, -0.25) is 9.59 Å². The van der Waals surface area contributed by atoms with Gasteiger partial charge < -0.3 is 14.4 Å². The lowest BCUT2D eigenvalue weighted by atomic mass is 9.83. The third-order valence-electron chi connectivity index (χ3n) is 5.18. The van der Waals surface area contributed by atoms with Gasteiger partial charge in [-0.1, -0.05) is 32.0 Å². The molecule has 0 amide bonds. The number of ketones is 2. The summed E-state index contributed by atoms with van der Waals surface area (Å²) < 4.78 is 10.9. The Morgan fingerprint density at radius 1 is 1.11 bits per heavy atom. The van der Waals surface area contributed by atoms with Crippen LogP contribution in [0.15, 0.2) is 54.2 Å². The number of para-hydroxylation sites is 1. The molecule has 28 heavy (non-hydrogen) atoms. The number of benzene rings is 2. The van der Waals surface area contributed by atoms with Crippen LogP contribution in [0.4, 0.5) is 5.69 Å². The van der Waals surface area contributed by atoms with Gasteiger partial charge in [-0.2, -0.15) is 0 Å². The second-order valence-corrected chi connectivity index (χ2v) is 7.41. The molecule has 0 aliphatic carbocycles. The highest BCUT2D eigenvalue weighted by Crippen LogP contribution is 2.46. The first-order valence-corrected chi connectivity index (χ1v) is 9.15. The van der Waals surface area contributed by atoms with Gasteiger partial charge in [-0.05, 0) is 36.8 Å². The summed E-state index contributed by atoms with van der Waals surface area (Å²) in [6.45, 7) is 5.60. The molecule has 0 saturated heterocycles. The van der Waals surface area contributed by atoms with Gasteiger partial charge in [0.1, 0.15) is 0 Å². The van der Waals surface area contributed by atoms with Crippen molar-refractivity contribution in [1.29, 1.82) is 0 Å². The summed E-state index contributed by atoms with van der Waals surface area (Å²) in [7, 11) is 3.47. The average molecular weight is 379 g/mol. The number of Topliss-reactive ketones (excluding diaryl/α,β-unsaturated/α-hetero) is 1. The Balaban J connectivity index is 1.77. The van der Waals surface area contributed by atoms with E-state index in [1.54, 1.807) is 24.3 Å². The lowest BCUT2D eigenvalue weighted by molar-refractivity contribution is -0.116. The Morgan fingerprint density at radius 3 is 2.46 bits per heavy atom. The highest BCUT2D eigenvalue weighted by molar-refractivity contribution is 5.95. The molecule has 0 unspecified atom stereocenters. The summed E-state index contributed by atoms with van der Waals surface area (Å²) in [5.41, 5.74) is 3.50. The van der Waals surface area contributed by atoms with Gasteiger partial charge >= 0.3 is 0 Å². The van der Waals surface area contributed by atoms with Crippen molar-refractivity contribution in [2.45, 2.75) is 26.2 Å². The molecule has 1 heterocycles. The van der Waals surface area contributed by atoms with Crippen molar-refractivity contribution < 1.29 is 19.1 Å². The molecule has 5 heteroatoms. The molecule has 0 radical (unpaired) electrons. The molecule has 0 aromatic heterocycles. The number of likely N-dealkylation sites (N-methyl/N-ethyl adjacent to an activating group) is 1. The predicted octanol–water partition coefficient (Wildman–Crippen LogP) is 4.16. The molecule has 0 atom stereocenters. The minimum atomic E-state index is -0.262. The number of hydrogen-bond donors (Lipinski definition) is 0. The van der Waals surface area contributed by atoms with Gasteiger partial charge in [0.2, 0.25) is 0 Å². The van der Waals surface area contributed by atoms with E-state index in [4.69, 9.17) is 9.47 Å². The molecular weight excluding hydrogens is 354 g/mol. The van der Waals surface area contributed by atoms with Crippen molar-refractivity contribution in [3.8, 4) is 11.5 Å². The van der Waals surface area contributed by atoms with E-state index in [2.05, 4.69) is 30.9 Å². The SMILES string of the molecule is COc1cc(C(C)=O)ccc1OCC(=O)/C=C1/N(C)c2ccccc2C1(C)C. The minimum Gasteiger partial charge on any atom is -0.493 e. The zero-order valence-electron chi connectivity index (χ0n) is 16.9. The fraction of sp³-hybridized carbons (Fsp3) is 0.304. The monoisotopic (exact) mass is 379 g/mol. The van der Waals surface area contributed by atoms with Crippen LogP contribution < -0.4 is 14.4 Å². The predicted molar refractivity (Wildman–Crippen MR) is 109 cm³/mol.